The molecule has 2 unspecified atom stereocenters. The van der Waals surface area contributed by atoms with Gasteiger partial charge in [-0.05, 0) is 31.0 Å². The molecule has 0 heterocycles. The second kappa shape index (κ2) is 11.3. The minimum absolute atomic E-state index is 0.0475. The van der Waals surface area contributed by atoms with Gasteiger partial charge < -0.3 is 20.3 Å². The number of ether oxygens (including phenoxy) is 1. The minimum atomic E-state index is -0.0475. The number of amides is 2. The Morgan fingerprint density at radius 2 is 2.00 bits per heavy atom. The molecular formula is C14H28N4O2S. The summed E-state index contributed by atoms with van der Waals surface area (Å²) in [4.78, 5) is 16.5. The van der Waals surface area contributed by atoms with Crippen LogP contribution in [0.2, 0.25) is 0 Å². The molecular weight excluding hydrogens is 288 g/mol. The third kappa shape index (κ3) is 10.1. The topological polar surface area (TPSA) is 66.0 Å². The number of hydrogen-bond acceptors (Lipinski definition) is 3. The van der Waals surface area contributed by atoms with E-state index in [0.29, 0.717) is 12.0 Å². The highest BCUT2D eigenvalue weighted by molar-refractivity contribution is 7.80. The normalized spacial score (nSPS) is 21.0. The number of carbonyl (C=O) groups excluding carboxylic acids is 1. The first-order chi connectivity index (χ1) is 9.90. The molecule has 0 radical (unpaired) electrons. The number of carbonyl (C=O) groups is 1. The highest BCUT2D eigenvalue weighted by Gasteiger charge is 2.21. The zero-order valence-electron chi connectivity index (χ0n) is 13.7. The van der Waals surface area contributed by atoms with E-state index in [4.69, 9.17) is 0 Å². The Balaban J connectivity index is 0.000000400. The van der Waals surface area contributed by atoms with Gasteiger partial charge in [0.25, 0.3) is 5.17 Å². The number of aliphatic imine (C=N–C) groups is 1. The summed E-state index contributed by atoms with van der Waals surface area (Å²) in [6.45, 7) is 2.21. The maximum atomic E-state index is 11.0. The lowest BCUT2D eigenvalue weighted by Crippen LogP contribution is -2.44. The molecule has 0 spiro atoms. The van der Waals surface area contributed by atoms with Crippen LogP contribution in [0.1, 0.15) is 32.6 Å². The van der Waals surface area contributed by atoms with Gasteiger partial charge in [0.2, 0.25) is 0 Å². The van der Waals surface area contributed by atoms with Crippen LogP contribution < -0.4 is 10.6 Å². The standard InChI is InChI=1S/C9H18N2O.C5H10N2OS/c1-7-5-3-4-6-8(7)11-9(12)10-2;1-7(2)4-6-5(9)8-3/h7-8H,3-6H2,1-2H3,(H2,10,11,12);4H,1-3H3. The number of hydrogen-bond donors (Lipinski definition) is 2. The summed E-state index contributed by atoms with van der Waals surface area (Å²) in [7, 11) is 6.88. The fourth-order valence-electron chi connectivity index (χ4n) is 1.99. The zero-order chi connectivity index (χ0) is 16.3. The van der Waals surface area contributed by atoms with Gasteiger partial charge in [-0.25, -0.2) is 4.79 Å². The first-order valence-corrected chi connectivity index (χ1v) is 7.58. The van der Waals surface area contributed by atoms with Crippen LogP contribution in [0.4, 0.5) is 4.79 Å². The summed E-state index contributed by atoms with van der Waals surface area (Å²) in [5.41, 5.74) is 0. The van der Waals surface area contributed by atoms with E-state index < -0.39 is 0 Å². The molecule has 0 aromatic carbocycles. The molecule has 7 heteroatoms. The van der Waals surface area contributed by atoms with Crippen molar-refractivity contribution in [1.82, 2.24) is 15.5 Å². The fourth-order valence-corrected chi connectivity index (χ4v) is 2.03. The third-order valence-electron chi connectivity index (χ3n) is 3.22. The maximum Gasteiger partial charge on any atom is 0.314 e. The molecule has 2 amide bonds. The molecule has 2 atom stereocenters. The van der Waals surface area contributed by atoms with Gasteiger partial charge in [0.05, 0.1) is 13.4 Å². The molecule has 2 N–H and O–H groups in total. The molecule has 1 aliphatic rings. The molecule has 6 nitrogen and oxygen atoms in total. The van der Waals surface area contributed by atoms with E-state index in [1.807, 2.05) is 14.1 Å². The van der Waals surface area contributed by atoms with Crippen molar-refractivity contribution < 1.29 is 9.53 Å². The molecule has 0 bridgehead atoms. The maximum absolute atomic E-state index is 11.0. The second-order valence-corrected chi connectivity index (χ2v) is 5.62. The number of rotatable bonds is 2. The number of thiocarbonyl (C=S) groups is 1. The lowest BCUT2D eigenvalue weighted by atomic mass is 9.86. The van der Waals surface area contributed by atoms with E-state index in [-0.39, 0.29) is 11.2 Å². The third-order valence-corrected chi connectivity index (χ3v) is 3.50. The van der Waals surface area contributed by atoms with Crippen LogP contribution in [0.15, 0.2) is 4.99 Å². The Bertz CT molecular complexity index is 348. The molecule has 21 heavy (non-hydrogen) atoms. The van der Waals surface area contributed by atoms with Gasteiger partial charge in [-0.1, -0.05) is 19.8 Å². The van der Waals surface area contributed by atoms with Gasteiger partial charge in [-0.2, -0.15) is 4.99 Å². The SMILES string of the molecule is CNC(=O)NC1CCCCC1C.COC(=S)N=CN(C)C. The predicted octanol–water partition coefficient (Wildman–Crippen LogP) is 2.00. The van der Waals surface area contributed by atoms with Gasteiger partial charge in [0.15, 0.2) is 0 Å². The van der Waals surface area contributed by atoms with Crippen molar-refractivity contribution in [1.29, 1.82) is 0 Å². The van der Waals surface area contributed by atoms with Gasteiger partial charge in [0, 0.05) is 27.2 Å². The summed E-state index contributed by atoms with van der Waals surface area (Å²) >= 11 is 4.63. The van der Waals surface area contributed by atoms with Crippen LogP contribution in [0.25, 0.3) is 0 Å². The van der Waals surface area contributed by atoms with Crippen LogP contribution in [0, 0.1) is 5.92 Å². The Morgan fingerprint density at radius 1 is 1.38 bits per heavy atom. The van der Waals surface area contributed by atoms with Gasteiger partial charge in [-0.15, -0.1) is 0 Å². The van der Waals surface area contributed by atoms with Crippen LogP contribution >= 0.6 is 12.2 Å². The zero-order valence-corrected chi connectivity index (χ0v) is 14.5. The van der Waals surface area contributed by atoms with Crippen molar-refractivity contribution >= 4 is 29.8 Å². The van der Waals surface area contributed by atoms with Crippen molar-refractivity contribution in [3.05, 3.63) is 0 Å². The van der Waals surface area contributed by atoms with Gasteiger partial charge in [0.1, 0.15) is 0 Å². The molecule has 1 fully saturated rings. The van der Waals surface area contributed by atoms with E-state index in [1.54, 1.807) is 18.3 Å². The van der Waals surface area contributed by atoms with E-state index in [0.717, 1.165) is 6.42 Å². The number of urea groups is 1. The molecule has 122 valence electrons. The van der Waals surface area contributed by atoms with Crippen LogP contribution in [-0.4, -0.2) is 56.7 Å². The summed E-state index contributed by atoms with van der Waals surface area (Å²) < 4.78 is 4.61. The van der Waals surface area contributed by atoms with Gasteiger partial charge >= 0.3 is 6.03 Å². The van der Waals surface area contributed by atoms with Crippen molar-refractivity contribution in [3.8, 4) is 0 Å². The van der Waals surface area contributed by atoms with Crippen molar-refractivity contribution in [2.24, 2.45) is 10.9 Å². The predicted molar refractivity (Wildman–Crippen MR) is 90.8 cm³/mol. The molecule has 0 saturated heterocycles. The summed E-state index contributed by atoms with van der Waals surface area (Å²) in [5.74, 6) is 0.635. The number of nitrogens with zero attached hydrogens (tertiary/aromatic N) is 2. The average molecular weight is 316 g/mol. The highest BCUT2D eigenvalue weighted by Crippen LogP contribution is 2.23. The molecule has 0 aromatic heterocycles. The van der Waals surface area contributed by atoms with E-state index in [1.165, 1.54) is 26.4 Å². The first-order valence-electron chi connectivity index (χ1n) is 7.17. The first kappa shape index (κ1) is 19.6. The van der Waals surface area contributed by atoms with E-state index in [9.17, 15) is 4.79 Å². The van der Waals surface area contributed by atoms with Crippen LogP contribution in [-0.2, 0) is 4.74 Å². The monoisotopic (exact) mass is 316 g/mol. The summed E-state index contributed by atoms with van der Waals surface area (Å²) in [6, 6.07) is 0.340. The Hall–Kier alpha value is -1.37. The van der Waals surface area contributed by atoms with E-state index in [2.05, 4.69) is 39.5 Å². The summed E-state index contributed by atoms with van der Waals surface area (Å²) in [5, 5.41) is 5.80. The smallest absolute Gasteiger partial charge is 0.314 e. The van der Waals surface area contributed by atoms with Crippen LogP contribution in [0.5, 0.6) is 0 Å². The minimum Gasteiger partial charge on any atom is -0.473 e. The van der Waals surface area contributed by atoms with E-state index >= 15 is 0 Å². The van der Waals surface area contributed by atoms with Gasteiger partial charge in [-0.3, -0.25) is 0 Å². The Morgan fingerprint density at radius 3 is 2.48 bits per heavy atom. The molecule has 1 aliphatic carbocycles. The highest BCUT2D eigenvalue weighted by atomic mass is 32.1. The lowest BCUT2D eigenvalue weighted by molar-refractivity contribution is 0.223. The average Bonchev–Trinajstić information content (AvgIpc) is 2.47. The fraction of sp³-hybridized carbons (Fsp3) is 0.786. The number of nitrogens with one attached hydrogen (secondary N) is 2. The lowest BCUT2D eigenvalue weighted by Gasteiger charge is -2.29. The second-order valence-electron chi connectivity index (χ2n) is 5.27. The van der Waals surface area contributed by atoms with Crippen molar-refractivity contribution in [2.45, 2.75) is 38.6 Å². The molecule has 1 rings (SSSR count). The Kier molecular flexibility index (Phi) is 10.6. The van der Waals surface area contributed by atoms with Crippen LogP contribution in [0.3, 0.4) is 0 Å². The largest absolute Gasteiger partial charge is 0.473 e. The molecule has 0 aromatic rings. The number of methoxy groups -OCH3 is 1. The quantitative estimate of drug-likeness (QED) is 0.464. The Labute approximate surface area is 133 Å². The van der Waals surface area contributed by atoms with Crippen molar-refractivity contribution in [3.63, 3.8) is 0 Å². The molecule has 1 saturated carbocycles. The summed E-state index contributed by atoms with van der Waals surface area (Å²) in [6.07, 6.45) is 6.53. The van der Waals surface area contributed by atoms with Crippen molar-refractivity contribution in [2.75, 3.05) is 28.3 Å². The molecule has 0 aliphatic heterocycles.